The highest BCUT2D eigenvalue weighted by atomic mass is 32.1. The van der Waals surface area contributed by atoms with Crippen molar-refractivity contribution in [3.8, 4) is 0 Å². The summed E-state index contributed by atoms with van der Waals surface area (Å²) < 4.78 is 4.76. The molecular formula is C9H8N2O2S. The Labute approximate surface area is 86.6 Å². The molecule has 0 aliphatic rings. The van der Waals surface area contributed by atoms with Crippen LogP contribution < -0.4 is 0 Å². The number of rotatable bonds is 3. The van der Waals surface area contributed by atoms with E-state index in [2.05, 4.69) is 27.4 Å². The fourth-order valence-electron chi connectivity index (χ4n) is 0.831. The van der Waals surface area contributed by atoms with E-state index in [1.165, 1.54) is 12.3 Å². The highest BCUT2D eigenvalue weighted by Gasteiger charge is 2.06. The minimum Gasteiger partial charge on any atom is -0.461 e. The zero-order valence-electron chi connectivity index (χ0n) is 7.56. The molecule has 0 aliphatic carbocycles. The van der Waals surface area contributed by atoms with E-state index >= 15 is 0 Å². The highest BCUT2D eigenvalue weighted by molar-refractivity contribution is 7.78. The largest absolute Gasteiger partial charge is 0.461 e. The molecule has 4 nitrogen and oxygen atoms in total. The molecule has 14 heavy (non-hydrogen) atoms. The number of esters is 1. The van der Waals surface area contributed by atoms with E-state index in [1.807, 2.05) is 0 Å². The summed E-state index contributed by atoms with van der Waals surface area (Å²) in [6.07, 6.45) is 1.44. The first-order chi connectivity index (χ1) is 6.77. The van der Waals surface area contributed by atoms with Crippen LogP contribution in [-0.2, 0) is 4.74 Å². The second-order valence-corrected chi connectivity index (χ2v) is 2.51. The number of hydrogen-bond donors (Lipinski definition) is 0. The molecule has 5 heteroatoms. The first kappa shape index (κ1) is 10.5. The number of hydrogen-bond acceptors (Lipinski definition) is 5. The molecule has 1 rings (SSSR count). The van der Waals surface area contributed by atoms with Crippen molar-refractivity contribution < 1.29 is 9.53 Å². The maximum atomic E-state index is 11.2. The Kier molecular flexibility index (Phi) is 3.91. The molecule has 0 bridgehead atoms. The fourth-order valence-corrected chi connectivity index (χ4v) is 0.936. The second kappa shape index (κ2) is 5.21. The summed E-state index contributed by atoms with van der Waals surface area (Å²) in [6.45, 7) is 2.07. The van der Waals surface area contributed by atoms with Crippen LogP contribution in [0.15, 0.2) is 23.3 Å². The van der Waals surface area contributed by atoms with Gasteiger partial charge in [-0.05, 0) is 31.3 Å². The van der Waals surface area contributed by atoms with Crippen molar-refractivity contribution in [2.24, 2.45) is 4.99 Å². The minimum absolute atomic E-state index is 0.259. The minimum atomic E-state index is -0.439. The van der Waals surface area contributed by atoms with Crippen LogP contribution in [0.25, 0.3) is 0 Å². The normalized spacial score (nSPS) is 8.93. The predicted octanol–water partition coefficient (Wildman–Crippen LogP) is 1.99. The summed E-state index contributed by atoms with van der Waals surface area (Å²) in [7, 11) is 0. The van der Waals surface area contributed by atoms with Gasteiger partial charge in [-0.1, -0.05) is 0 Å². The standard InChI is InChI=1S/C9H8N2O2S/c1-2-13-9(12)8-4-3-7(5-10-8)11-6-14/h3-5H,2H2,1H3. The van der Waals surface area contributed by atoms with Crippen LogP contribution in [0.4, 0.5) is 5.69 Å². The molecule has 1 aromatic rings. The van der Waals surface area contributed by atoms with E-state index in [-0.39, 0.29) is 5.69 Å². The lowest BCUT2D eigenvalue weighted by Gasteiger charge is -1.99. The van der Waals surface area contributed by atoms with Gasteiger partial charge in [-0.25, -0.2) is 9.78 Å². The average Bonchev–Trinajstić information content (AvgIpc) is 2.20. The Hall–Kier alpha value is -1.58. The van der Waals surface area contributed by atoms with Crippen LogP contribution in [0, 0.1) is 0 Å². The number of aliphatic imine (C=N–C) groups is 1. The van der Waals surface area contributed by atoms with Gasteiger partial charge in [0.15, 0.2) is 0 Å². The Balaban J connectivity index is 2.82. The Morgan fingerprint density at radius 2 is 2.50 bits per heavy atom. The summed E-state index contributed by atoms with van der Waals surface area (Å²) in [6, 6.07) is 3.15. The predicted molar refractivity (Wildman–Crippen MR) is 54.9 cm³/mol. The van der Waals surface area contributed by atoms with Crippen LogP contribution in [-0.4, -0.2) is 22.7 Å². The van der Waals surface area contributed by atoms with Crippen molar-refractivity contribution in [3.63, 3.8) is 0 Å². The molecule has 0 amide bonds. The summed E-state index contributed by atoms with van der Waals surface area (Å²) >= 11 is 4.42. The molecule has 0 saturated carbocycles. The van der Waals surface area contributed by atoms with Crippen molar-refractivity contribution in [3.05, 3.63) is 24.0 Å². The van der Waals surface area contributed by atoms with E-state index in [4.69, 9.17) is 4.74 Å². The number of isothiocyanates is 1. The molecule has 72 valence electrons. The zero-order valence-corrected chi connectivity index (χ0v) is 8.37. The van der Waals surface area contributed by atoms with Crippen LogP contribution in [0.2, 0.25) is 0 Å². The molecule has 0 spiro atoms. The smallest absolute Gasteiger partial charge is 0.356 e. The first-order valence-electron chi connectivity index (χ1n) is 3.99. The maximum Gasteiger partial charge on any atom is 0.356 e. The third kappa shape index (κ3) is 2.73. The highest BCUT2D eigenvalue weighted by Crippen LogP contribution is 2.09. The SMILES string of the molecule is CCOC(=O)c1ccc(N=C=S)cn1. The number of ether oxygens (including phenoxy) is 1. The van der Waals surface area contributed by atoms with Gasteiger partial charge in [0, 0.05) is 0 Å². The number of carbonyl (C=O) groups excluding carboxylic acids is 1. The number of nitrogens with zero attached hydrogens (tertiary/aromatic N) is 2. The summed E-state index contributed by atoms with van der Waals surface area (Å²) in [4.78, 5) is 18.7. The molecule has 1 heterocycles. The van der Waals surface area contributed by atoms with Gasteiger partial charge < -0.3 is 4.74 Å². The van der Waals surface area contributed by atoms with Crippen molar-refractivity contribution in [2.45, 2.75) is 6.92 Å². The number of aromatic nitrogens is 1. The number of thiocarbonyl (C=S) groups is 1. The molecule has 0 radical (unpaired) electrons. The molecule has 0 aliphatic heterocycles. The Bertz CT molecular complexity index is 369. The fraction of sp³-hybridized carbons (Fsp3) is 0.222. The summed E-state index contributed by atoms with van der Waals surface area (Å²) in [5, 5.41) is 2.21. The van der Waals surface area contributed by atoms with Gasteiger partial charge in [0.05, 0.1) is 23.7 Å². The van der Waals surface area contributed by atoms with E-state index < -0.39 is 5.97 Å². The van der Waals surface area contributed by atoms with Gasteiger partial charge in [-0.2, -0.15) is 4.99 Å². The average molecular weight is 208 g/mol. The van der Waals surface area contributed by atoms with Gasteiger partial charge >= 0.3 is 5.97 Å². The van der Waals surface area contributed by atoms with Crippen molar-refractivity contribution >= 4 is 29.0 Å². The number of carbonyl (C=O) groups is 1. The van der Waals surface area contributed by atoms with Crippen LogP contribution in [0.5, 0.6) is 0 Å². The third-order valence-corrected chi connectivity index (χ3v) is 1.50. The van der Waals surface area contributed by atoms with Gasteiger partial charge in [0.2, 0.25) is 0 Å². The molecule has 0 saturated heterocycles. The zero-order chi connectivity index (χ0) is 10.4. The topological polar surface area (TPSA) is 51.5 Å². The van der Waals surface area contributed by atoms with Gasteiger partial charge in [-0.15, -0.1) is 0 Å². The van der Waals surface area contributed by atoms with E-state index in [9.17, 15) is 4.79 Å². The number of pyridine rings is 1. The molecule has 0 aromatic carbocycles. The van der Waals surface area contributed by atoms with Crippen LogP contribution in [0.3, 0.4) is 0 Å². The lowest BCUT2D eigenvalue weighted by Crippen LogP contribution is -2.06. The van der Waals surface area contributed by atoms with E-state index in [0.717, 1.165) is 0 Å². The molecule has 0 N–H and O–H groups in total. The quantitative estimate of drug-likeness (QED) is 0.433. The molecule has 0 unspecified atom stereocenters. The first-order valence-corrected chi connectivity index (χ1v) is 4.39. The van der Waals surface area contributed by atoms with Crippen molar-refractivity contribution in [1.29, 1.82) is 0 Å². The summed E-state index contributed by atoms with van der Waals surface area (Å²) in [5.41, 5.74) is 0.822. The van der Waals surface area contributed by atoms with Gasteiger partial charge in [-0.3, -0.25) is 0 Å². The maximum absolute atomic E-state index is 11.2. The van der Waals surface area contributed by atoms with Crippen LogP contribution in [0.1, 0.15) is 17.4 Å². The van der Waals surface area contributed by atoms with E-state index in [0.29, 0.717) is 12.3 Å². The Morgan fingerprint density at radius 1 is 1.71 bits per heavy atom. The van der Waals surface area contributed by atoms with Gasteiger partial charge in [0.25, 0.3) is 0 Å². The molecule has 0 fully saturated rings. The van der Waals surface area contributed by atoms with E-state index in [1.54, 1.807) is 13.0 Å². The third-order valence-electron chi connectivity index (χ3n) is 1.41. The van der Waals surface area contributed by atoms with Crippen LogP contribution >= 0.6 is 12.2 Å². The molecule has 1 aromatic heterocycles. The summed E-state index contributed by atoms with van der Waals surface area (Å²) in [5.74, 6) is -0.439. The Morgan fingerprint density at radius 3 is 3.00 bits per heavy atom. The van der Waals surface area contributed by atoms with Gasteiger partial charge in [0.1, 0.15) is 5.69 Å². The lowest BCUT2D eigenvalue weighted by atomic mass is 10.3. The molecular weight excluding hydrogens is 200 g/mol. The lowest BCUT2D eigenvalue weighted by molar-refractivity contribution is 0.0519. The van der Waals surface area contributed by atoms with Crippen molar-refractivity contribution in [1.82, 2.24) is 4.98 Å². The molecule has 0 atom stereocenters. The second-order valence-electron chi connectivity index (χ2n) is 2.33. The van der Waals surface area contributed by atoms with Crippen molar-refractivity contribution in [2.75, 3.05) is 6.61 Å². The monoisotopic (exact) mass is 208 g/mol.